The highest BCUT2D eigenvalue weighted by atomic mass is 16.5. The van der Waals surface area contributed by atoms with E-state index in [1.54, 1.807) is 7.11 Å². The number of aryl methyl sites for hydroxylation is 1. The highest BCUT2D eigenvalue weighted by Crippen LogP contribution is 2.34. The number of benzene rings is 1. The predicted octanol–water partition coefficient (Wildman–Crippen LogP) is 5.43. The average Bonchev–Trinajstić information content (AvgIpc) is 3.07. The summed E-state index contributed by atoms with van der Waals surface area (Å²) in [6.07, 6.45) is 13.8. The molecule has 0 aliphatic heterocycles. The third-order valence-electron chi connectivity index (χ3n) is 5.81. The molecule has 4 nitrogen and oxygen atoms in total. The number of unbranched alkanes of at least 4 members (excludes halogenated alkanes) is 3. The summed E-state index contributed by atoms with van der Waals surface area (Å²) < 4.78 is 9.86. The zero-order valence-corrected chi connectivity index (χ0v) is 18.0. The van der Waals surface area contributed by atoms with Gasteiger partial charge in [0, 0.05) is 25.9 Å². The molecule has 0 bridgehead atoms. The predicted molar refractivity (Wildman–Crippen MR) is 116 cm³/mol. The molecule has 0 N–H and O–H groups in total. The third kappa shape index (κ3) is 8.53. The van der Waals surface area contributed by atoms with E-state index in [-0.39, 0.29) is 11.9 Å². The number of rotatable bonds is 13. The topological polar surface area (TPSA) is 52.6 Å². The van der Waals surface area contributed by atoms with Crippen molar-refractivity contribution in [3.05, 3.63) is 47.5 Å². The molecule has 0 saturated heterocycles. The quantitative estimate of drug-likeness (QED) is 0.252. The maximum Gasteiger partial charge on any atom is 0.305 e. The van der Waals surface area contributed by atoms with Crippen LogP contribution in [0.2, 0.25) is 0 Å². The fraction of sp³-hybridized carbons (Fsp3) is 0.600. The minimum Gasteiger partial charge on any atom is -0.469 e. The first-order valence-corrected chi connectivity index (χ1v) is 11.0. The fourth-order valence-corrected chi connectivity index (χ4v) is 4.19. The van der Waals surface area contributed by atoms with Crippen LogP contribution in [0.25, 0.3) is 0 Å². The summed E-state index contributed by atoms with van der Waals surface area (Å²) in [6, 6.07) is 8.55. The van der Waals surface area contributed by atoms with E-state index < -0.39 is 0 Å². The lowest BCUT2D eigenvalue weighted by Gasteiger charge is -2.15. The molecule has 1 fully saturated rings. The standard InChI is InChI=1S/C25H36O4/c1-28-19-21-12-9-11-20(18-21)10-7-8-13-22-16-17-24(26)23(22)14-5-3-4-6-15-25(27)29-2/h8-9,11-13,18,22-23H,3-7,10,14-17,19H2,1-2H3/b13-8+/t22?,23-/m1/s1. The first-order valence-electron chi connectivity index (χ1n) is 11.0. The van der Waals surface area contributed by atoms with Gasteiger partial charge in [0.25, 0.3) is 0 Å². The molecule has 29 heavy (non-hydrogen) atoms. The first-order chi connectivity index (χ1) is 14.1. The number of Topliss-reactive ketones (excluding diaryl/α,β-unsaturated/α-hetero) is 1. The highest BCUT2D eigenvalue weighted by molar-refractivity contribution is 5.83. The SMILES string of the molecule is COCc1cccc(CC/C=C/C2CCC(=O)[C@@H]2CCCCCCC(=O)OC)c1. The van der Waals surface area contributed by atoms with E-state index >= 15 is 0 Å². The van der Waals surface area contributed by atoms with Gasteiger partial charge in [0.2, 0.25) is 0 Å². The molecule has 1 aliphatic carbocycles. The van der Waals surface area contributed by atoms with Crippen molar-refractivity contribution in [1.82, 2.24) is 0 Å². The minimum atomic E-state index is -0.133. The van der Waals surface area contributed by atoms with Gasteiger partial charge in [-0.15, -0.1) is 0 Å². The number of methoxy groups -OCH3 is 2. The van der Waals surface area contributed by atoms with E-state index in [0.29, 0.717) is 24.7 Å². The molecule has 2 atom stereocenters. The molecule has 1 unspecified atom stereocenters. The molecule has 160 valence electrons. The van der Waals surface area contributed by atoms with E-state index in [1.165, 1.54) is 18.2 Å². The molecule has 0 amide bonds. The van der Waals surface area contributed by atoms with Crippen LogP contribution in [0.1, 0.15) is 68.9 Å². The van der Waals surface area contributed by atoms with Crippen molar-refractivity contribution >= 4 is 11.8 Å². The van der Waals surface area contributed by atoms with Gasteiger partial charge in [0.05, 0.1) is 13.7 Å². The molecule has 2 rings (SSSR count). The Morgan fingerprint density at radius 1 is 1.14 bits per heavy atom. The van der Waals surface area contributed by atoms with Gasteiger partial charge in [-0.3, -0.25) is 9.59 Å². The lowest BCUT2D eigenvalue weighted by molar-refractivity contribution is -0.140. The van der Waals surface area contributed by atoms with E-state index in [2.05, 4.69) is 41.2 Å². The van der Waals surface area contributed by atoms with Crippen LogP contribution in [0, 0.1) is 11.8 Å². The monoisotopic (exact) mass is 400 g/mol. The fourth-order valence-electron chi connectivity index (χ4n) is 4.19. The van der Waals surface area contributed by atoms with E-state index in [1.807, 2.05) is 0 Å². The summed E-state index contributed by atoms with van der Waals surface area (Å²) in [5.41, 5.74) is 2.54. The molecule has 4 heteroatoms. The smallest absolute Gasteiger partial charge is 0.305 e. The van der Waals surface area contributed by atoms with Crippen LogP contribution in [-0.4, -0.2) is 26.0 Å². The summed E-state index contributed by atoms with van der Waals surface area (Å²) in [5, 5.41) is 0. The number of ether oxygens (including phenoxy) is 2. The van der Waals surface area contributed by atoms with Crippen LogP contribution in [0.4, 0.5) is 0 Å². The van der Waals surface area contributed by atoms with Crippen molar-refractivity contribution in [2.75, 3.05) is 14.2 Å². The van der Waals surface area contributed by atoms with Crippen LogP contribution in [0.5, 0.6) is 0 Å². The second-order valence-corrected chi connectivity index (χ2v) is 8.02. The minimum absolute atomic E-state index is 0.133. The van der Waals surface area contributed by atoms with E-state index in [0.717, 1.165) is 57.8 Å². The summed E-state index contributed by atoms with van der Waals surface area (Å²) in [5.74, 6) is 0.891. The molecule has 0 radical (unpaired) electrons. The largest absolute Gasteiger partial charge is 0.469 e. The summed E-state index contributed by atoms with van der Waals surface area (Å²) in [7, 11) is 3.15. The molecule has 0 heterocycles. The summed E-state index contributed by atoms with van der Waals surface area (Å²) in [6.45, 7) is 0.651. The zero-order chi connectivity index (χ0) is 20.9. The Balaban J connectivity index is 1.69. The van der Waals surface area contributed by atoms with Crippen LogP contribution in [0.3, 0.4) is 0 Å². The number of allylic oxidation sites excluding steroid dienone is 2. The van der Waals surface area contributed by atoms with Crippen molar-refractivity contribution in [2.45, 2.75) is 70.8 Å². The Bertz CT molecular complexity index is 665. The number of carbonyl (C=O) groups is 2. The Labute approximate surface area is 175 Å². The van der Waals surface area contributed by atoms with Gasteiger partial charge in [-0.1, -0.05) is 55.7 Å². The summed E-state index contributed by atoms with van der Waals surface area (Å²) in [4.78, 5) is 23.4. The second kappa shape index (κ2) is 13.3. The molecule has 1 aliphatic rings. The van der Waals surface area contributed by atoms with Gasteiger partial charge in [0.1, 0.15) is 5.78 Å². The maximum atomic E-state index is 12.3. The van der Waals surface area contributed by atoms with Gasteiger partial charge in [0.15, 0.2) is 0 Å². The number of ketones is 1. The molecule has 1 aromatic carbocycles. The number of esters is 1. The van der Waals surface area contributed by atoms with Gasteiger partial charge in [-0.05, 0) is 49.1 Å². The number of hydrogen-bond acceptors (Lipinski definition) is 4. The highest BCUT2D eigenvalue weighted by Gasteiger charge is 2.32. The second-order valence-electron chi connectivity index (χ2n) is 8.02. The van der Waals surface area contributed by atoms with Crippen molar-refractivity contribution < 1.29 is 19.1 Å². The first kappa shape index (κ1) is 23.3. The van der Waals surface area contributed by atoms with Crippen molar-refractivity contribution in [3.8, 4) is 0 Å². The van der Waals surface area contributed by atoms with Crippen LogP contribution in [0.15, 0.2) is 36.4 Å². The molecular formula is C25H36O4. The van der Waals surface area contributed by atoms with Crippen LogP contribution < -0.4 is 0 Å². The average molecular weight is 401 g/mol. The molecule has 1 saturated carbocycles. The Hall–Kier alpha value is -1.94. The van der Waals surface area contributed by atoms with Crippen molar-refractivity contribution in [3.63, 3.8) is 0 Å². The summed E-state index contributed by atoms with van der Waals surface area (Å²) >= 11 is 0. The van der Waals surface area contributed by atoms with E-state index in [9.17, 15) is 9.59 Å². The molecule has 1 aromatic rings. The third-order valence-corrected chi connectivity index (χ3v) is 5.81. The Kier molecular flexibility index (Phi) is 10.7. The number of carbonyl (C=O) groups excluding carboxylic acids is 2. The lowest BCUT2D eigenvalue weighted by atomic mass is 9.89. The van der Waals surface area contributed by atoms with Crippen molar-refractivity contribution in [1.29, 1.82) is 0 Å². The van der Waals surface area contributed by atoms with Crippen molar-refractivity contribution in [2.24, 2.45) is 11.8 Å². The van der Waals surface area contributed by atoms with Crippen LogP contribution >= 0.6 is 0 Å². The molecular weight excluding hydrogens is 364 g/mol. The van der Waals surface area contributed by atoms with E-state index in [4.69, 9.17) is 4.74 Å². The number of hydrogen-bond donors (Lipinski definition) is 0. The Morgan fingerprint density at radius 2 is 1.93 bits per heavy atom. The van der Waals surface area contributed by atoms with Gasteiger partial charge >= 0.3 is 5.97 Å². The lowest BCUT2D eigenvalue weighted by Crippen LogP contribution is -2.13. The maximum absolute atomic E-state index is 12.3. The zero-order valence-electron chi connectivity index (χ0n) is 18.0. The molecule has 0 spiro atoms. The normalized spacial score (nSPS) is 19.2. The van der Waals surface area contributed by atoms with Gasteiger partial charge in [-0.25, -0.2) is 0 Å². The van der Waals surface area contributed by atoms with Gasteiger partial charge < -0.3 is 9.47 Å². The Morgan fingerprint density at radius 3 is 2.72 bits per heavy atom. The molecule has 0 aromatic heterocycles. The van der Waals surface area contributed by atoms with Crippen LogP contribution in [-0.2, 0) is 32.1 Å². The van der Waals surface area contributed by atoms with Gasteiger partial charge in [-0.2, -0.15) is 0 Å².